The summed E-state index contributed by atoms with van der Waals surface area (Å²) < 4.78 is 5.67. The molecule has 0 atom stereocenters. The Morgan fingerprint density at radius 3 is 2.52 bits per heavy atom. The van der Waals surface area contributed by atoms with Gasteiger partial charge in [-0.3, -0.25) is 10.1 Å². The molecule has 110 valence electrons. The third-order valence-electron chi connectivity index (χ3n) is 3.18. The Bertz CT molecular complexity index is 702. The molecule has 0 saturated carbocycles. The Morgan fingerprint density at radius 1 is 1.24 bits per heavy atom. The monoisotopic (exact) mass is 289 g/mol. The first-order chi connectivity index (χ1) is 9.95. The van der Waals surface area contributed by atoms with Crippen molar-refractivity contribution >= 4 is 11.5 Å². The van der Waals surface area contributed by atoms with E-state index in [-0.39, 0.29) is 11.7 Å². The SMILES string of the molecule is Cc1ccc(C)c(Oc2ncnc(NN)c2[N+](=O)[O-])c1C. The minimum Gasteiger partial charge on any atom is -0.433 e. The van der Waals surface area contributed by atoms with Crippen LogP contribution in [-0.2, 0) is 0 Å². The van der Waals surface area contributed by atoms with Gasteiger partial charge in [0.1, 0.15) is 12.1 Å². The van der Waals surface area contributed by atoms with Crippen LogP contribution in [0.25, 0.3) is 0 Å². The van der Waals surface area contributed by atoms with Gasteiger partial charge in [0, 0.05) is 0 Å². The number of rotatable bonds is 4. The molecule has 0 fully saturated rings. The molecule has 1 aromatic heterocycles. The van der Waals surface area contributed by atoms with Crippen molar-refractivity contribution in [3.05, 3.63) is 45.3 Å². The van der Waals surface area contributed by atoms with Crippen LogP contribution in [0.2, 0.25) is 0 Å². The number of aromatic nitrogens is 2. The van der Waals surface area contributed by atoms with Crippen LogP contribution in [0.1, 0.15) is 16.7 Å². The van der Waals surface area contributed by atoms with E-state index < -0.39 is 10.6 Å². The van der Waals surface area contributed by atoms with Crippen molar-refractivity contribution in [1.29, 1.82) is 0 Å². The average Bonchev–Trinajstić information content (AvgIpc) is 2.47. The second-order valence-electron chi connectivity index (χ2n) is 4.53. The van der Waals surface area contributed by atoms with E-state index in [2.05, 4.69) is 15.4 Å². The summed E-state index contributed by atoms with van der Waals surface area (Å²) in [6.45, 7) is 5.67. The second-order valence-corrected chi connectivity index (χ2v) is 4.53. The molecule has 0 radical (unpaired) electrons. The fourth-order valence-electron chi connectivity index (χ4n) is 1.89. The highest BCUT2D eigenvalue weighted by Gasteiger charge is 2.25. The van der Waals surface area contributed by atoms with Crippen molar-refractivity contribution in [2.45, 2.75) is 20.8 Å². The number of hydrogen-bond donors (Lipinski definition) is 2. The number of hydrogen-bond acceptors (Lipinski definition) is 7. The maximum absolute atomic E-state index is 11.2. The largest absolute Gasteiger partial charge is 0.433 e. The van der Waals surface area contributed by atoms with Crippen molar-refractivity contribution < 1.29 is 9.66 Å². The van der Waals surface area contributed by atoms with Gasteiger partial charge in [-0.25, -0.2) is 10.8 Å². The van der Waals surface area contributed by atoms with Crippen molar-refractivity contribution in [2.75, 3.05) is 5.43 Å². The molecule has 0 spiro atoms. The summed E-state index contributed by atoms with van der Waals surface area (Å²) in [5.41, 5.74) is 4.54. The van der Waals surface area contributed by atoms with Crippen LogP contribution in [0.3, 0.4) is 0 Å². The van der Waals surface area contributed by atoms with Crippen molar-refractivity contribution in [2.24, 2.45) is 5.84 Å². The fraction of sp³-hybridized carbons (Fsp3) is 0.231. The minimum absolute atomic E-state index is 0.104. The summed E-state index contributed by atoms with van der Waals surface area (Å²) in [6.07, 6.45) is 1.15. The zero-order valence-corrected chi connectivity index (χ0v) is 11.9. The zero-order chi connectivity index (χ0) is 15.6. The quantitative estimate of drug-likeness (QED) is 0.504. The number of anilines is 1. The molecule has 0 bridgehead atoms. The van der Waals surface area contributed by atoms with Crippen molar-refractivity contribution in [1.82, 2.24) is 9.97 Å². The van der Waals surface area contributed by atoms with Gasteiger partial charge in [0.2, 0.25) is 5.82 Å². The zero-order valence-electron chi connectivity index (χ0n) is 11.9. The molecule has 0 unspecified atom stereocenters. The number of nitrogens with two attached hydrogens (primary N) is 1. The number of aryl methyl sites for hydroxylation is 2. The first kappa shape index (κ1) is 14.7. The lowest BCUT2D eigenvalue weighted by atomic mass is 10.1. The summed E-state index contributed by atoms with van der Waals surface area (Å²) in [5, 5.41) is 11.2. The molecule has 8 nitrogen and oxygen atoms in total. The highest BCUT2D eigenvalue weighted by atomic mass is 16.6. The normalized spacial score (nSPS) is 10.3. The van der Waals surface area contributed by atoms with Crippen molar-refractivity contribution in [3.63, 3.8) is 0 Å². The third kappa shape index (κ3) is 2.75. The summed E-state index contributed by atoms with van der Waals surface area (Å²) in [5.74, 6) is 5.52. The predicted molar refractivity (Wildman–Crippen MR) is 77.2 cm³/mol. The fourth-order valence-corrected chi connectivity index (χ4v) is 1.89. The number of benzene rings is 1. The van der Waals surface area contributed by atoms with Crippen LogP contribution < -0.4 is 16.0 Å². The van der Waals surface area contributed by atoms with Crippen LogP contribution >= 0.6 is 0 Å². The van der Waals surface area contributed by atoms with Gasteiger partial charge in [0.25, 0.3) is 0 Å². The Kier molecular flexibility index (Phi) is 3.99. The molecule has 0 aliphatic heterocycles. The summed E-state index contributed by atoms with van der Waals surface area (Å²) in [7, 11) is 0. The van der Waals surface area contributed by atoms with E-state index in [4.69, 9.17) is 10.6 Å². The molecule has 0 saturated heterocycles. The van der Waals surface area contributed by atoms with Gasteiger partial charge in [0.05, 0.1) is 4.92 Å². The van der Waals surface area contributed by atoms with Gasteiger partial charge >= 0.3 is 11.6 Å². The minimum atomic E-state index is -0.634. The highest BCUT2D eigenvalue weighted by molar-refractivity contribution is 5.61. The smallest absolute Gasteiger partial charge is 0.374 e. The number of nitrogens with one attached hydrogen (secondary N) is 1. The van der Waals surface area contributed by atoms with E-state index in [1.165, 1.54) is 0 Å². The Labute approximate surface area is 121 Å². The van der Waals surface area contributed by atoms with Crippen LogP contribution in [0, 0.1) is 30.9 Å². The molecular formula is C13H15N5O3. The molecule has 21 heavy (non-hydrogen) atoms. The summed E-state index contributed by atoms with van der Waals surface area (Å²) >= 11 is 0. The van der Waals surface area contributed by atoms with Gasteiger partial charge in [0.15, 0.2) is 0 Å². The number of ether oxygens (including phenoxy) is 1. The van der Waals surface area contributed by atoms with Crippen LogP contribution in [-0.4, -0.2) is 14.9 Å². The predicted octanol–water partition coefficient (Wildman–Crippen LogP) is 2.39. The molecule has 0 aliphatic rings. The molecule has 3 N–H and O–H groups in total. The second kappa shape index (κ2) is 5.71. The highest BCUT2D eigenvalue weighted by Crippen LogP contribution is 2.36. The molecule has 0 amide bonds. The van der Waals surface area contributed by atoms with E-state index >= 15 is 0 Å². The number of nitrogens with zero attached hydrogens (tertiary/aromatic N) is 3. The van der Waals surface area contributed by atoms with E-state index in [1.54, 1.807) is 0 Å². The number of nitro groups is 1. The lowest BCUT2D eigenvalue weighted by Gasteiger charge is -2.13. The van der Waals surface area contributed by atoms with E-state index in [9.17, 15) is 10.1 Å². The Morgan fingerprint density at radius 2 is 1.90 bits per heavy atom. The molecule has 1 aromatic carbocycles. The molecule has 0 aliphatic carbocycles. The topological polar surface area (TPSA) is 116 Å². The molecule has 2 aromatic rings. The molecule has 1 heterocycles. The standard InChI is InChI=1S/C13H15N5O3/c1-7-4-5-8(2)11(9(7)3)21-13-10(18(19)20)12(17-14)15-6-16-13/h4-6H,14H2,1-3H3,(H,15,16,17). The van der Waals surface area contributed by atoms with E-state index in [1.807, 2.05) is 32.9 Å². The van der Waals surface area contributed by atoms with Gasteiger partial charge in [-0.05, 0) is 37.5 Å². The van der Waals surface area contributed by atoms with Crippen molar-refractivity contribution in [3.8, 4) is 11.6 Å². The first-order valence-corrected chi connectivity index (χ1v) is 6.16. The Hall–Kier alpha value is -2.74. The first-order valence-electron chi connectivity index (χ1n) is 6.16. The number of hydrazine groups is 1. The van der Waals surface area contributed by atoms with E-state index in [0.29, 0.717) is 5.75 Å². The molecule has 2 rings (SSSR count). The van der Waals surface area contributed by atoms with Gasteiger partial charge < -0.3 is 10.2 Å². The van der Waals surface area contributed by atoms with Gasteiger partial charge in [-0.2, -0.15) is 4.98 Å². The van der Waals surface area contributed by atoms with Crippen LogP contribution in [0.5, 0.6) is 11.6 Å². The molecule has 8 heteroatoms. The lowest BCUT2D eigenvalue weighted by Crippen LogP contribution is -2.12. The number of nitrogen functional groups attached to an aromatic ring is 1. The Balaban J connectivity index is 2.55. The van der Waals surface area contributed by atoms with Gasteiger partial charge in [-0.15, -0.1) is 0 Å². The van der Waals surface area contributed by atoms with Crippen LogP contribution in [0.15, 0.2) is 18.5 Å². The molecular weight excluding hydrogens is 274 g/mol. The van der Waals surface area contributed by atoms with E-state index in [0.717, 1.165) is 23.0 Å². The summed E-state index contributed by atoms with van der Waals surface area (Å²) in [4.78, 5) is 18.1. The average molecular weight is 289 g/mol. The maximum atomic E-state index is 11.2. The van der Waals surface area contributed by atoms with Crippen LogP contribution in [0.4, 0.5) is 11.5 Å². The lowest BCUT2D eigenvalue weighted by molar-refractivity contribution is -0.385. The third-order valence-corrected chi connectivity index (χ3v) is 3.18. The summed E-state index contributed by atoms with van der Waals surface area (Å²) in [6, 6.07) is 3.84. The maximum Gasteiger partial charge on any atom is 0.374 e. The van der Waals surface area contributed by atoms with Gasteiger partial charge in [-0.1, -0.05) is 12.1 Å².